The van der Waals surface area contributed by atoms with Gasteiger partial charge in [0.15, 0.2) is 17.6 Å². The lowest BCUT2D eigenvalue weighted by atomic mass is 10.00. The lowest BCUT2D eigenvalue weighted by molar-refractivity contribution is -0.00971. The Morgan fingerprint density at radius 3 is 2.57 bits per heavy atom. The summed E-state index contributed by atoms with van der Waals surface area (Å²) in [5.74, 6) is -0.521. The number of ether oxygens (including phenoxy) is 2. The molecule has 11 heteroatoms. The quantitative estimate of drug-likeness (QED) is 0.145. The fourth-order valence-corrected chi connectivity index (χ4v) is 5.92. The summed E-state index contributed by atoms with van der Waals surface area (Å²) in [6.45, 7) is -0.280. The fourth-order valence-electron chi connectivity index (χ4n) is 5.48. The van der Waals surface area contributed by atoms with Crippen LogP contribution in [-0.2, 0) is 12.8 Å². The molecule has 7 N–H and O–H groups in total. The zero-order valence-electron chi connectivity index (χ0n) is 22.4. The Morgan fingerprint density at radius 1 is 1.07 bits per heavy atom. The smallest absolute Gasteiger partial charge is 0.265 e. The predicted molar refractivity (Wildman–Crippen MR) is 161 cm³/mol. The molecular formula is C31H29BrN4O6. The van der Waals surface area contributed by atoms with Crippen LogP contribution in [-0.4, -0.2) is 63.5 Å². The third kappa shape index (κ3) is 5.34. The van der Waals surface area contributed by atoms with Crippen molar-refractivity contribution >= 4 is 49.6 Å². The maximum Gasteiger partial charge on any atom is 0.265 e. The van der Waals surface area contributed by atoms with Gasteiger partial charge in [-0.15, -0.1) is 0 Å². The molecule has 0 saturated carbocycles. The second kappa shape index (κ2) is 11.5. The predicted octanol–water partition coefficient (Wildman–Crippen LogP) is 3.59. The number of hydrogen-bond acceptors (Lipinski definition) is 6. The molecule has 0 bridgehead atoms. The standard InChI is InChI=1S/C31H29BrN4O6/c32-17-10-22(31(40)35-18(14-37)9-16-13-34-23-7-3-1-5-19(16)23)29-26(11-17)42-27(15-41-29)25(38)12-21-20-6-2-4-8-24(20)36-28(21)30(33)39/h1-8,10-11,13,18,25,27,34,36-38H,9,12,14-15H2,(H2,33,39)(H,35,40)/t18-,25-,27?/m1/s1. The van der Waals surface area contributed by atoms with Crippen molar-refractivity contribution < 1.29 is 29.3 Å². The molecule has 3 heterocycles. The first kappa shape index (κ1) is 27.8. The van der Waals surface area contributed by atoms with E-state index in [1.165, 1.54) is 0 Å². The first-order valence-corrected chi connectivity index (χ1v) is 14.3. The summed E-state index contributed by atoms with van der Waals surface area (Å²) >= 11 is 3.44. The summed E-state index contributed by atoms with van der Waals surface area (Å²) in [4.78, 5) is 31.7. The van der Waals surface area contributed by atoms with E-state index in [1.54, 1.807) is 12.1 Å². The molecule has 3 aromatic carbocycles. The van der Waals surface area contributed by atoms with E-state index in [0.29, 0.717) is 16.5 Å². The van der Waals surface area contributed by atoms with Gasteiger partial charge >= 0.3 is 0 Å². The minimum absolute atomic E-state index is 0.0247. The highest BCUT2D eigenvalue weighted by Gasteiger charge is 2.33. The molecule has 42 heavy (non-hydrogen) atoms. The number of fused-ring (bicyclic) bond motifs is 3. The van der Waals surface area contributed by atoms with Crippen molar-refractivity contribution in [2.45, 2.75) is 31.1 Å². The number of rotatable bonds is 9. The van der Waals surface area contributed by atoms with Crippen molar-refractivity contribution in [3.05, 3.63) is 93.7 Å². The topological polar surface area (TPSA) is 163 Å². The van der Waals surface area contributed by atoms with Crippen LogP contribution in [0.15, 0.2) is 71.3 Å². The van der Waals surface area contributed by atoms with E-state index in [9.17, 15) is 19.8 Å². The van der Waals surface area contributed by atoms with Gasteiger partial charge in [0.2, 0.25) is 0 Å². The van der Waals surface area contributed by atoms with Gasteiger partial charge in [-0.2, -0.15) is 0 Å². The zero-order chi connectivity index (χ0) is 29.4. The van der Waals surface area contributed by atoms with E-state index < -0.39 is 30.1 Å². The van der Waals surface area contributed by atoms with Crippen molar-refractivity contribution in [2.75, 3.05) is 13.2 Å². The monoisotopic (exact) mass is 632 g/mol. The van der Waals surface area contributed by atoms with Crippen molar-refractivity contribution in [1.82, 2.24) is 15.3 Å². The van der Waals surface area contributed by atoms with Crippen molar-refractivity contribution in [1.29, 1.82) is 0 Å². The number of benzene rings is 3. The van der Waals surface area contributed by atoms with Gasteiger partial charge in [0.1, 0.15) is 12.3 Å². The third-order valence-corrected chi connectivity index (χ3v) is 7.99. The van der Waals surface area contributed by atoms with E-state index >= 15 is 0 Å². The van der Waals surface area contributed by atoms with Crippen LogP contribution in [0.25, 0.3) is 21.8 Å². The number of nitrogens with one attached hydrogen (secondary N) is 3. The number of aromatic amines is 2. The Labute approximate surface area is 249 Å². The number of amides is 2. The Kier molecular flexibility index (Phi) is 7.63. The van der Waals surface area contributed by atoms with Crippen molar-refractivity contribution in [3.63, 3.8) is 0 Å². The van der Waals surface area contributed by atoms with Gasteiger partial charge in [-0.3, -0.25) is 9.59 Å². The molecule has 0 saturated heterocycles. The number of carbonyl (C=O) groups is 2. The minimum atomic E-state index is -1.04. The summed E-state index contributed by atoms with van der Waals surface area (Å²) in [6.07, 6.45) is 0.588. The molecule has 0 spiro atoms. The van der Waals surface area contributed by atoms with Gasteiger partial charge in [-0.1, -0.05) is 52.3 Å². The van der Waals surface area contributed by atoms with Gasteiger partial charge < -0.3 is 40.7 Å². The maximum atomic E-state index is 13.4. The Morgan fingerprint density at radius 2 is 1.81 bits per heavy atom. The summed E-state index contributed by atoms with van der Waals surface area (Å²) in [7, 11) is 0. The first-order valence-electron chi connectivity index (χ1n) is 13.5. The van der Waals surface area contributed by atoms with Gasteiger partial charge in [0.05, 0.1) is 24.3 Å². The molecule has 1 aliphatic rings. The molecule has 0 radical (unpaired) electrons. The normalized spacial score (nSPS) is 15.9. The Bertz CT molecular complexity index is 1800. The number of para-hydroxylation sites is 2. The Hall–Kier alpha value is -4.32. The number of halogens is 1. The molecule has 216 valence electrons. The number of aliphatic hydroxyl groups is 2. The average molecular weight is 633 g/mol. The maximum absolute atomic E-state index is 13.4. The van der Waals surface area contributed by atoms with E-state index in [1.807, 2.05) is 54.7 Å². The number of carbonyl (C=O) groups excluding carboxylic acids is 2. The highest BCUT2D eigenvalue weighted by Crippen LogP contribution is 2.39. The van der Waals surface area contributed by atoms with E-state index in [4.69, 9.17) is 15.2 Å². The fraction of sp³-hybridized carbons (Fsp3) is 0.226. The van der Waals surface area contributed by atoms with Crippen LogP contribution in [0, 0.1) is 0 Å². The summed E-state index contributed by atoms with van der Waals surface area (Å²) < 4.78 is 12.7. The van der Waals surface area contributed by atoms with E-state index in [-0.39, 0.29) is 42.4 Å². The molecule has 3 atom stereocenters. The van der Waals surface area contributed by atoms with Crippen molar-refractivity contribution in [2.24, 2.45) is 5.73 Å². The highest BCUT2D eigenvalue weighted by molar-refractivity contribution is 9.10. The van der Waals surface area contributed by atoms with Crippen LogP contribution in [0.2, 0.25) is 0 Å². The van der Waals surface area contributed by atoms with Crippen LogP contribution in [0.5, 0.6) is 11.5 Å². The van der Waals surface area contributed by atoms with Crippen LogP contribution >= 0.6 is 15.9 Å². The molecule has 0 fully saturated rings. The summed E-state index contributed by atoms with van der Waals surface area (Å²) in [5, 5.41) is 25.9. The first-order chi connectivity index (χ1) is 20.3. The zero-order valence-corrected chi connectivity index (χ0v) is 24.0. The molecule has 2 amide bonds. The van der Waals surface area contributed by atoms with Crippen molar-refractivity contribution in [3.8, 4) is 11.5 Å². The molecule has 1 aliphatic heterocycles. The molecular weight excluding hydrogens is 604 g/mol. The number of primary amides is 1. The third-order valence-electron chi connectivity index (χ3n) is 7.53. The molecule has 2 aromatic heterocycles. The van der Waals surface area contributed by atoms with Gasteiger partial charge in [0, 0.05) is 38.9 Å². The highest BCUT2D eigenvalue weighted by atomic mass is 79.9. The minimum Gasteiger partial charge on any atom is -0.485 e. The number of aromatic nitrogens is 2. The second-order valence-corrected chi connectivity index (χ2v) is 11.2. The van der Waals surface area contributed by atoms with Gasteiger partial charge in [0.25, 0.3) is 11.8 Å². The lowest BCUT2D eigenvalue weighted by Crippen LogP contribution is -2.42. The molecule has 5 aromatic rings. The van der Waals surface area contributed by atoms with Gasteiger partial charge in [-0.25, -0.2) is 0 Å². The number of hydrogen-bond donors (Lipinski definition) is 6. The summed E-state index contributed by atoms with van der Waals surface area (Å²) in [5.41, 5.74) is 9.36. The number of H-pyrrole nitrogens is 2. The van der Waals surface area contributed by atoms with Crippen LogP contribution in [0.1, 0.15) is 32.0 Å². The van der Waals surface area contributed by atoms with Crippen LogP contribution in [0.3, 0.4) is 0 Å². The van der Waals surface area contributed by atoms with E-state index in [0.717, 1.165) is 27.4 Å². The molecule has 10 nitrogen and oxygen atoms in total. The lowest BCUT2D eigenvalue weighted by Gasteiger charge is -2.31. The van der Waals surface area contributed by atoms with Crippen LogP contribution < -0.4 is 20.5 Å². The summed E-state index contributed by atoms with van der Waals surface area (Å²) in [6, 6.07) is 18.0. The van der Waals surface area contributed by atoms with E-state index in [2.05, 4.69) is 31.2 Å². The number of nitrogens with two attached hydrogens (primary N) is 1. The largest absolute Gasteiger partial charge is 0.485 e. The average Bonchev–Trinajstić information content (AvgIpc) is 3.57. The molecule has 6 rings (SSSR count). The molecule has 0 aliphatic carbocycles. The molecule has 1 unspecified atom stereocenters. The SMILES string of the molecule is NC(=O)c1[nH]c2ccccc2c1C[C@@H](O)C1COc2c(cc(Br)cc2C(=O)N[C@@H](CO)Cc2c[nH]c3ccccc23)O1. The second-order valence-electron chi connectivity index (χ2n) is 10.3. The van der Waals surface area contributed by atoms with Gasteiger partial charge in [-0.05, 0) is 41.8 Å². The van der Waals surface area contributed by atoms with Crippen LogP contribution in [0.4, 0.5) is 0 Å². The number of aliphatic hydroxyl groups excluding tert-OH is 2. The Balaban J connectivity index is 1.19.